The van der Waals surface area contributed by atoms with Gasteiger partial charge in [0.1, 0.15) is 12.2 Å². The minimum atomic E-state index is -1.44. The van der Waals surface area contributed by atoms with E-state index in [1.807, 2.05) is 0 Å². The molecule has 2 aromatic rings. The lowest BCUT2D eigenvalue weighted by Crippen LogP contribution is -2.41. The summed E-state index contributed by atoms with van der Waals surface area (Å²) in [5.41, 5.74) is -0.755. The van der Waals surface area contributed by atoms with Gasteiger partial charge in [0.15, 0.2) is 5.60 Å². The van der Waals surface area contributed by atoms with E-state index in [1.54, 1.807) is 12.1 Å². The standard InChI is InChI=1S/C19H21NO6/c1-12(21)20-14-5-6-15-13(9-17(22)26-16(15)10-14)11-25-18(23)19(24)7-3-2-4-8-19/h5-6,9-10,24H,2-4,7-8,11H2,1H3,(H,20,21). The molecular weight excluding hydrogens is 338 g/mol. The molecule has 2 N–H and O–H groups in total. The number of hydrogen-bond acceptors (Lipinski definition) is 6. The first-order valence-electron chi connectivity index (χ1n) is 8.61. The number of carbonyl (C=O) groups excluding carboxylic acids is 2. The number of benzene rings is 1. The third-order valence-corrected chi connectivity index (χ3v) is 4.57. The van der Waals surface area contributed by atoms with Crippen LogP contribution < -0.4 is 10.9 Å². The summed E-state index contributed by atoms with van der Waals surface area (Å²) in [4.78, 5) is 35.2. The summed E-state index contributed by atoms with van der Waals surface area (Å²) in [6.45, 7) is 1.24. The first-order chi connectivity index (χ1) is 12.4. The Morgan fingerprint density at radius 1 is 1.23 bits per heavy atom. The Hall–Kier alpha value is -2.67. The van der Waals surface area contributed by atoms with E-state index in [1.165, 1.54) is 19.1 Å². The summed E-state index contributed by atoms with van der Waals surface area (Å²) in [5, 5.41) is 13.6. The number of hydrogen-bond donors (Lipinski definition) is 2. The van der Waals surface area contributed by atoms with Crippen molar-refractivity contribution in [2.75, 3.05) is 5.32 Å². The van der Waals surface area contributed by atoms with E-state index in [0.717, 1.165) is 19.3 Å². The zero-order valence-electron chi connectivity index (χ0n) is 14.5. The highest BCUT2D eigenvalue weighted by Crippen LogP contribution is 2.30. The zero-order valence-corrected chi connectivity index (χ0v) is 14.5. The molecular formula is C19H21NO6. The highest BCUT2D eigenvalue weighted by atomic mass is 16.5. The minimum Gasteiger partial charge on any atom is -0.459 e. The highest BCUT2D eigenvalue weighted by Gasteiger charge is 2.38. The Morgan fingerprint density at radius 2 is 1.96 bits per heavy atom. The lowest BCUT2D eigenvalue weighted by Gasteiger charge is -2.29. The van der Waals surface area contributed by atoms with Crippen molar-refractivity contribution in [2.45, 2.75) is 51.2 Å². The molecule has 0 atom stereocenters. The van der Waals surface area contributed by atoms with E-state index < -0.39 is 17.2 Å². The van der Waals surface area contributed by atoms with Crippen molar-refractivity contribution in [1.82, 2.24) is 0 Å². The van der Waals surface area contributed by atoms with Crippen molar-refractivity contribution < 1.29 is 23.8 Å². The molecule has 1 aromatic heterocycles. The van der Waals surface area contributed by atoms with E-state index in [-0.39, 0.29) is 18.1 Å². The van der Waals surface area contributed by atoms with E-state index in [0.29, 0.717) is 29.5 Å². The number of rotatable bonds is 4. The predicted octanol–water partition coefficient (Wildman–Crippen LogP) is 2.49. The van der Waals surface area contributed by atoms with Crippen LogP contribution in [0.2, 0.25) is 0 Å². The molecule has 0 spiro atoms. The van der Waals surface area contributed by atoms with Gasteiger partial charge in [-0.3, -0.25) is 4.79 Å². The van der Waals surface area contributed by atoms with Crippen LogP contribution in [-0.4, -0.2) is 22.6 Å². The van der Waals surface area contributed by atoms with Crippen LogP contribution in [0.1, 0.15) is 44.6 Å². The molecule has 1 saturated carbocycles. The number of nitrogens with one attached hydrogen (secondary N) is 1. The molecule has 3 rings (SSSR count). The van der Waals surface area contributed by atoms with E-state index in [9.17, 15) is 19.5 Å². The minimum absolute atomic E-state index is 0.136. The fraction of sp³-hybridized carbons (Fsp3) is 0.421. The molecule has 1 aliphatic carbocycles. The Kier molecular flexibility index (Phi) is 5.08. The van der Waals surface area contributed by atoms with Crippen LogP contribution in [0.25, 0.3) is 11.0 Å². The molecule has 1 fully saturated rings. The summed E-state index contributed by atoms with van der Waals surface area (Å²) in [7, 11) is 0. The average Bonchev–Trinajstić information content (AvgIpc) is 2.59. The van der Waals surface area contributed by atoms with Gasteiger partial charge in [-0.2, -0.15) is 0 Å². The second-order valence-electron chi connectivity index (χ2n) is 6.65. The molecule has 1 amide bonds. The lowest BCUT2D eigenvalue weighted by molar-refractivity contribution is -0.170. The number of amides is 1. The third-order valence-electron chi connectivity index (χ3n) is 4.57. The Labute approximate surface area is 150 Å². The van der Waals surface area contributed by atoms with Crippen LogP contribution in [0.3, 0.4) is 0 Å². The Balaban J connectivity index is 1.82. The highest BCUT2D eigenvalue weighted by molar-refractivity contribution is 5.92. The largest absolute Gasteiger partial charge is 0.459 e. The number of carbonyl (C=O) groups is 2. The lowest BCUT2D eigenvalue weighted by atomic mass is 9.85. The van der Waals surface area contributed by atoms with Crippen molar-refractivity contribution in [3.05, 3.63) is 40.2 Å². The van der Waals surface area contributed by atoms with Gasteiger partial charge < -0.3 is 19.6 Å². The number of anilines is 1. The monoisotopic (exact) mass is 359 g/mol. The molecule has 138 valence electrons. The molecule has 0 radical (unpaired) electrons. The zero-order chi connectivity index (χ0) is 18.7. The van der Waals surface area contributed by atoms with Gasteiger partial charge in [-0.15, -0.1) is 0 Å². The fourth-order valence-corrected chi connectivity index (χ4v) is 3.25. The first kappa shape index (κ1) is 18.1. The van der Waals surface area contributed by atoms with Crippen LogP contribution in [0, 0.1) is 0 Å². The molecule has 0 aliphatic heterocycles. The summed E-state index contributed by atoms with van der Waals surface area (Å²) in [6, 6.07) is 6.16. The molecule has 7 nitrogen and oxygen atoms in total. The van der Waals surface area contributed by atoms with E-state index in [4.69, 9.17) is 9.15 Å². The second-order valence-corrected chi connectivity index (χ2v) is 6.65. The molecule has 0 bridgehead atoms. The topological polar surface area (TPSA) is 106 Å². The molecule has 0 unspecified atom stereocenters. The van der Waals surface area contributed by atoms with Crippen molar-refractivity contribution in [1.29, 1.82) is 0 Å². The number of fused-ring (bicyclic) bond motifs is 1. The summed E-state index contributed by atoms with van der Waals surface area (Å²) in [6.07, 6.45) is 3.36. The van der Waals surface area contributed by atoms with Gasteiger partial charge in [-0.05, 0) is 37.8 Å². The quantitative estimate of drug-likeness (QED) is 0.642. The third kappa shape index (κ3) is 3.94. The van der Waals surface area contributed by atoms with Gasteiger partial charge in [-0.1, -0.05) is 6.42 Å². The molecule has 7 heteroatoms. The van der Waals surface area contributed by atoms with Crippen LogP contribution in [0.5, 0.6) is 0 Å². The van der Waals surface area contributed by atoms with E-state index in [2.05, 4.69) is 5.32 Å². The maximum Gasteiger partial charge on any atom is 0.338 e. The SMILES string of the molecule is CC(=O)Nc1ccc2c(COC(=O)C3(O)CCCCC3)cc(=O)oc2c1. The normalized spacial score (nSPS) is 16.2. The summed E-state index contributed by atoms with van der Waals surface area (Å²) < 4.78 is 10.5. The molecule has 1 heterocycles. The number of ether oxygens (including phenoxy) is 1. The van der Waals surface area contributed by atoms with Crippen molar-refractivity contribution in [3.8, 4) is 0 Å². The van der Waals surface area contributed by atoms with Gasteiger partial charge in [0, 0.05) is 35.7 Å². The number of aliphatic hydroxyl groups is 1. The van der Waals surface area contributed by atoms with Gasteiger partial charge in [0.2, 0.25) is 5.91 Å². The van der Waals surface area contributed by atoms with Crippen molar-refractivity contribution >= 4 is 28.5 Å². The Bertz CT molecular complexity index is 895. The maximum absolute atomic E-state index is 12.3. The van der Waals surface area contributed by atoms with E-state index >= 15 is 0 Å². The molecule has 1 aliphatic rings. The van der Waals surface area contributed by atoms with Crippen molar-refractivity contribution in [3.63, 3.8) is 0 Å². The van der Waals surface area contributed by atoms with Gasteiger partial charge >= 0.3 is 11.6 Å². The maximum atomic E-state index is 12.3. The molecule has 1 aromatic carbocycles. The molecule has 26 heavy (non-hydrogen) atoms. The van der Waals surface area contributed by atoms with Gasteiger partial charge in [0.25, 0.3) is 0 Å². The van der Waals surface area contributed by atoms with Gasteiger partial charge in [0.05, 0.1) is 0 Å². The average molecular weight is 359 g/mol. The van der Waals surface area contributed by atoms with Crippen LogP contribution in [-0.2, 0) is 20.9 Å². The van der Waals surface area contributed by atoms with Crippen LogP contribution in [0.4, 0.5) is 5.69 Å². The number of esters is 1. The molecule has 0 saturated heterocycles. The smallest absolute Gasteiger partial charge is 0.338 e. The second kappa shape index (κ2) is 7.29. The van der Waals surface area contributed by atoms with Crippen LogP contribution in [0.15, 0.2) is 33.5 Å². The summed E-state index contributed by atoms with van der Waals surface area (Å²) >= 11 is 0. The van der Waals surface area contributed by atoms with Crippen molar-refractivity contribution in [2.24, 2.45) is 0 Å². The predicted molar refractivity (Wildman–Crippen MR) is 94.6 cm³/mol. The van der Waals surface area contributed by atoms with Crippen LogP contribution >= 0.6 is 0 Å². The van der Waals surface area contributed by atoms with Gasteiger partial charge in [-0.25, -0.2) is 9.59 Å². The fourth-order valence-electron chi connectivity index (χ4n) is 3.25. The first-order valence-corrected chi connectivity index (χ1v) is 8.61. The summed E-state index contributed by atoms with van der Waals surface area (Å²) in [5.74, 6) is -0.897. The Morgan fingerprint density at radius 3 is 2.65 bits per heavy atom.